The van der Waals surface area contributed by atoms with Crippen molar-refractivity contribution in [3.05, 3.63) is 29.7 Å². The van der Waals surface area contributed by atoms with Crippen LogP contribution in [-0.4, -0.2) is 62.8 Å². The van der Waals surface area contributed by atoms with Gasteiger partial charge in [-0.05, 0) is 59.4 Å². The minimum Gasteiger partial charge on any atom is -0.475 e. The Morgan fingerprint density at radius 3 is 2.54 bits per heavy atom. The zero-order chi connectivity index (χ0) is 25.5. The van der Waals surface area contributed by atoms with E-state index in [-0.39, 0.29) is 36.6 Å². The van der Waals surface area contributed by atoms with Gasteiger partial charge in [0.05, 0.1) is 41.7 Å². The van der Waals surface area contributed by atoms with E-state index < -0.39 is 34.3 Å². The van der Waals surface area contributed by atoms with Crippen LogP contribution in [0.5, 0.6) is 5.88 Å². The molecule has 0 aromatic carbocycles. The molecule has 1 aliphatic carbocycles. The van der Waals surface area contributed by atoms with Crippen molar-refractivity contribution in [2.24, 2.45) is 0 Å². The van der Waals surface area contributed by atoms with Crippen LogP contribution >= 0.6 is 0 Å². The molecule has 1 amide bonds. The fourth-order valence-electron chi connectivity index (χ4n) is 5.16. The molecule has 3 fully saturated rings. The Bertz CT molecular complexity index is 1080. The molecule has 10 heteroatoms. The number of hydrogen-bond acceptors (Lipinski definition) is 8. The monoisotopic (exact) mass is 491 g/mol. The van der Waals surface area contributed by atoms with Crippen LogP contribution in [0.25, 0.3) is 11.0 Å². The van der Waals surface area contributed by atoms with E-state index >= 15 is 4.39 Å². The first kappa shape index (κ1) is 25.5. The van der Waals surface area contributed by atoms with Crippen molar-refractivity contribution in [2.45, 2.75) is 82.1 Å². The van der Waals surface area contributed by atoms with Crippen molar-refractivity contribution in [3.8, 4) is 5.88 Å². The number of ether oxygens (including phenoxy) is 3. The molecule has 4 heterocycles. The number of fused-ring (bicyclic) bond motifs is 4. The first-order chi connectivity index (χ1) is 16.4. The Morgan fingerprint density at radius 2 is 1.94 bits per heavy atom. The summed E-state index contributed by atoms with van der Waals surface area (Å²) in [6.45, 7) is 7.15. The first-order valence-corrected chi connectivity index (χ1v) is 11.9. The number of carbonyl (C=O) groups excluding carboxylic acids is 1. The lowest BCUT2D eigenvalue weighted by molar-refractivity contribution is -0.187. The van der Waals surface area contributed by atoms with Crippen molar-refractivity contribution in [1.29, 1.82) is 0 Å². The predicted octanol–water partition coefficient (Wildman–Crippen LogP) is 3.34. The standard InChI is InChI=1S/C25H34FN3O6/c1-22(2,3)35-21(31)29-24-7-9-25(10-8-24,34-15-24)14-23(4,32)19-16(26)13-27-17-5-6-18(28-20(17)19)33-12-11-30/h5-6,13,30,32H,7-12,14-15H2,1-4H3,(H,29,31). The van der Waals surface area contributed by atoms with Crippen LogP contribution in [0.2, 0.25) is 0 Å². The van der Waals surface area contributed by atoms with E-state index in [0.717, 1.165) is 6.20 Å². The number of alkyl carbamates (subject to hydrolysis) is 1. The van der Waals surface area contributed by atoms with Crippen LogP contribution in [0.15, 0.2) is 18.3 Å². The number of aliphatic hydroxyl groups is 2. The second kappa shape index (κ2) is 9.15. The van der Waals surface area contributed by atoms with Gasteiger partial charge in [-0.25, -0.2) is 14.2 Å². The van der Waals surface area contributed by atoms with Crippen LogP contribution < -0.4 is 10.1 Å². The maximum absolute atomic E-state index is 15.1. The molecule has 2 aliphatic heterocycles. The fraction of sp³-hybridized carbons (Fsp3) is 0.640. The van der Waals surface area contributed by atoms with E-state index in [1.807, 2.05) is 20.8 Å². The number of nitrogens with zero attached hydrogens (tertiary/aromatic N) is 2. The summed E-state index contributed by atoms with van der Waals surface area (Å²) in [6.07, 6.45) is 3.29. The zero-order valence-electron chi connectivity index (χ0n) is 20.7. The quantitative estimate of drug-likeness (QED) is 0.539. The van der Waals surface area contributed by atoms with Gasteiger partial charge < -0.3 is 29.7 Å². The molecule has 3 N–H and O–H groups in total. The van der Waals surface area contributed by atoms with Crippen LogP contribution in [0, 0.1) is 5.82 Å². The average Bonchev–Trinajstić information content (AvgIpc) is 2.76. The number of aliphatic hydroxyl groups excluding tert-OH is 1. The Labute approximate surface area is 204 Å². The van der Waals surface area contributed by atoms with E-state index in [1.165, 1.54) is 0 Å². The van der Waals surface area contributed by atoms with Gasteiger partial charge in [-0.1, -0.05) is 0 Å². The maximum Gasteiger partial charge on any atom is 0.408 e. The summed E-state index contributed by atoms with van der Waals surface area (Å²) in [5.74, 6) is -0.461. The molecular formula is C25H34FN3O6. The van der Waals surface area contributed by atoms with Gasteiger partial charge in [0.25, 0.3) is 0 Å². The molecule has 2 aromatic heterocycles. The Kier molecular flexibility index (Phi) is 6.67. The minimum absolute atomic E-state index is 0.0317. The average molecular weight is 492 g/mol. The van der Waals surface area contributed by atoms with E-state index in [2.05, 4.69) is 15.3 Å². The highest BCUT2D eigenvalue weighted by Gasteiger charge is 2.53. The summed E-state index contributed by atoms with van der Waals surface area (Å²) in [6, 6.07) is 3.23. The Morgan fingerprint density at radius 1 is 1.23 bits per heavy atom. The summed E-state index contributed by atoms with van der Waals surface area (Å²) in [4.78, 5) is 20.8. The number of pyridine rings is 2. The van der Waals surface area contributed by atoms with Gasteiger partial charge in [0.2, 0.25) is 5.88 Å². The van der Waals surface area contributed by atoms with Gasteiger partial charge in [0.15, 0.2) is 0 Å². The topological polar surface area (TPSA) is 123 Å². The molecule has 192 valence electrons. The molecule has 1 saturated carbocycles. The van der Waals surface area contributed by atoms with Gasteiger partial charge in [0, 0.05) is 18.1 Å². The third kappa shape index (κ3) is 5.49. The number of nitrogens with one attached hydrogen (secondary N) is 1. The summed E-state index contributed by atoms with van der Waals surface area (Å²) >= 11 is 0. The second-order valence-electron chi connectivity index (χ2n) is 10.9. The lowest BCUT2D eigenvalue weighted by atomic mass is 9.67. The van der Waals surface area contributed by atoms with Crippen molar-refractivity contribution in [1.82, 2.24) is 15.3 Å². The van der Waals surface area contributed by atoms with E-state index in [1.54, 1.807) is 19.1 Å². The summed E-state index contributed by atoms with van der Waals surface area (Å²) in [7, 11) is 0. The molecule has 0 radical (unpaired) electrons. The molecule has 2 saturated heterocycles. The third-order valence-corrected chi connectivity index (χ3v) is 6.73. The first-order valence-electron chi connectivity index (χ1n) is 11.9. The van der Waals surface area contributed by atoms with Crippen LogP contribution in [-0.2, 0) is 15.1 Å². The minimum atomic E-state index is -1.61. The molecule has 1 unspecified atom stereocenters. The molecule has 5 rings (SSSR count). The lowest BCUT2D eigenvalue weighted by Gasteiger charge is -2.54. The number of carbonyl (C=O) groups is 1. The number of hydrogen-bond donors (Lipinski definition) is 3. The molecule has 9 nitrogen and oxygen atoms in total. The number of halogens is 1. The van der Waals surface area contributed by atoms with Gasteiger partial charge in [-0.15, -0.1) is 0 Å². The molecular weight excluding hydrogens is 457 g/mol. The SMILES string of the molecule is CC(C)(C)OC(=O)NC12CCC(CC(C)(O)c3c(F)cnc4ccc(OCCO)nc34)(CC1)OC2. The van der Waals surface area contributed by atoms with Gasteiger partial charge in [-0.2, -0.15) is 0 Å². The molecule has 2 bridgehead atoms. The van der Waals surface area contributed by atoms with Crippen molar-refractivity contribution < 1.29 is 33.6 Å². The van der Waals surface area contributed by atoms with Crippen LogP contribution in [0.1, 0.15) is 65.4 Å². The maximum atomic E-state index is 15.1. The number of rotatable bonds is 7. The van der Waals surface area contributed by atoms with Crippen molar-refractivity contribution in [3.63, 3.8) is 0 Å². The fourth-order valence-corrected chi connectivity index (χ4v) is 5.16. The van der Waals surface area contributed by atoms with Gasteiger partial charge in [0.1, 0.15) is 23.5 Å². The third-order valence-electron chi connectivity index (χ3n) is 6.73. The normalized spacial score (nSPS) is 25.8. The molecule has 2 aromatic rings. The van der Waals surface area contributed by atoms with E-state index in [0.29, 0.717) is 37.8 Å². The molecule has 0 spiro atoms. The molecule has 35 heavy (non-hydrogen) atoms. The predicted molar refractivity (Wildman–Crippen MR) is 126 cm³/mol. The summed E-state index contributed by atoms with van der Waals surface area (Å²) in [5, 5.41) is 23.6. The highest BCUT2D eigenvalue weighted by molar-refractivity contribution is 5.79. The smallest absolute Gasteiger partial charge is 0.408 e. The van der Waals surface area contributed by atoms with Gasteiger partial charge >= 0.3 is 6.09 Å². The Hall–Kier alpha value is -2.56. The molecule has 1 atom stereocenters. The summed E-state index contributed by atoms with van der Waals surface area (Å²) < 4.78 is 32.1. The second-order valence-corrected chi connectivity index (χ2v) is 10.9. The molecule has 3 aliphatic rings. The van der Waals surface area contributed by atoms with Crippen LogP contribution in [0.4, 0.5) is 9.18 Å². The zero-order valence-corrected chi connectivity index (χ0v) is 20.7. The van der Waals surface area contributed by atoms with Crippen LogP contribution in [0.3, 0.4) is 0 Å². The highest BCUT2D eigenvalue weighted by atomic mass is 19.1. The van der Waals surface area contributed by atoms with E-state index in [4.69, 9.17) is 19.3 Å². The van der Waals surface area contributed by atoms with Crippen molar-refractivity contribution in [2.75, 3.05) is 19.8 Å². The highest BCUT2D eigenvalue weighted by Crippen LogP contribution is 2.49. The summed E-state index contributed by atoms with van der Waals surface area (Å²) in [5.41, 5.74) is -2.71. The number of aromatic nitrogens is 2. The lowest BCUT2D eigenvalue weighted by Crippen LogP contribution is -2.64. The Balaban J connectivity index is 1.54. The largest absolute Gasteiger partial charge is 0.475 e. The van der Waals surface area contributed by atoms with Crippen molar-refractivity contribution >= 4 is 17.1 Å². The van der Waals surface area contributed by atoms with Gasteiger partial charge in [-0.3, -0.25) is 4.98 Å². The number of amides is 1. The van der Waals surface area contributed by atoms with E-state index in [9.17, 15) is 9.90 Å².